The van der Waals surface area contributed by atoms with Gasteiger partial charge in [0.05, 0.1) is 5.69 Å². The fourth-order valence-corrected chi connectivity index (χ4v) is 3.33. The lowest BCUT2D eigenvalue weighted by Crippen LogP contribution is -2.42. The molecule has 27 heavy (non-hydrogen) atoms. The highest BCUT2D eigenvalue weighted by Gasteiger charge is 2.25. The van der Waals surface area contributed by atoms with Gasteiger partial charge in [0, 0.05) is 29.7 Å². The van der Waals surface area contributed by atoms with Crippen LogP contribution in [0.15, 0.2) is 54.9 Å². The minimum Gasteiger partial charge on any atom is -0.480 e. The lowest BCUT2D eigenvalue weighted by molar-refractivity contribution is -0.139. The van der Waals surface area contributed by atoms with E-state index >= 15 is 0 Å². The smallest absolute Gasteiger partial charge is 0.326 e. The van der Waals surface area contributed by atoms with E-state index in [0.29, 0.717) is 17.0 Å². The first-order chi connectivity index (χ1) is 13.0. The minimum absolute atomic E-state index is 0.181. The Hall–Kier alpha value is -3.61. The van der Waals surface area contributed by atoms with E-state index in [1.807, 2.05) is 30.3 Å². The third-order valence-corrected chi connectivity index (χ3v) is 4.62. The number of carboxylic acid groups (broad SMARTS) is 1. The Kier molecular flexibility index (Phi) is 4.12. The topological polar surface area (TPSA) is 99.5 Å². The van der Waals surface area contributed by atoms with Gasteiger partial charge >= 0.3 is 5.97 Å². The van der Waals surface area contributed by atoms with E-state index in [2.05, 4.69) is 15.3 Å². The van der Waals surface area contributed by atoms with Gasteiger partial charge in [-0.2, -0.15) is 0 Å². The number of carbonyl (C=O) groups excluding carboxylic acids is 1. The minimum atomic E-state index is -1.08. The molecule has 0 bridgehead atoms. The van der Waals surface area contributed by atoms with Crippen molar-refractivity contribution in [2.75, 3.05) is 0 Å². The molecule has 3 N–H and O–H groups in total. The van der Waals surface area contributed by atoms with Crippen molar-refractivity contribution in [2.45, 2.75) is 19.4 Å². The Bertz CT molecular complexity index is 1160. The zero-order chi connectivity index (χ0) is 19.0. The monoisotopic (exact) mass is 362 g/mol. The number of aromatic nitrogens is 3. The highest BCUT2D eigenvalue weighted by molar-refractivity contribution is 5.97. The van der Waals surface area contributed by atoms with Crippen LogP contribution >= 0.6 is 0 Å². The molecule has 3 heterocycles. The number of aromatic amines is 1. The number of hydrogen-bond donors (Lipinski definition) is 3. The molecule has 0 radical (unpaired) electrons. The summed E-state index contributed by atoms with van der Waals surface area (Å²) in [6.45, 7) is 1.73. The van der Waals surface area contributed by atoms with Gasteiger partial charge in [0.25, 0.3) is 5.91 Å². The van der Waals surface area contributed by atoms with Crippen molar-refractivity contribution in [1.29, 1.82) is 0 Å². The maximum atomic E-state index is 12.8. The number of nitrogens with zero attached hydrogens (tertiary/aromatic N) is 2. The third kappa shape index (κ3) is 3.03. The largest absolute Gasteiger partial charge is 0.480 e. The predicted molar refractivity (Wildman–Crippen MR) is 101 cm³/mol. The number of carboxylic acids is 1. The summed E-state index contributed by atoms with van der Waals surface area (Å²) in [7, 11) is 0. The second kappa shape index (κ2) is 6.60. The number of imidazole rings is 1. The molecule has 4 aromatic rings. The van der Waals surface area contributed by atoms with Crippen molar-refractivity contribution in [1.82, 2.24) is 19.7 Å². The Morgan fingerprint density at radius 1 is 1.22 bits per heavy atom. The van der Waals surface area contributed by atoms with Gasteiger partial charge in [-0.3, -0.25) is 9.20 Å². The predicted octanol–water partition coefficient (Wildman–Crippen LogP) is 2.55. The number of aliphatic carboxylic acids is 1. The van der Waals surface area contributed by atoms with E-state index in [1.54, 1.807) is 35.9 Å². The van der Waals surface area contributed by atoms with Crippen molar-refractivity contribution in [3.63, 3.8) is 0 Å². The summed E-state index contributed by atoms with van der Waals surface area (Å²) in [6, 6.07) is 12.0. The van der Waals surface area contributed by atoms with Crippen LogP contribution in [-0.2, 0) is 11.2 Å². The number of fused-ring (bicyclic) bond motifs is 2. The summed E-state index contributed by atoms with van der Waals surface area (Å²) in [6.07, 6.45) is 3.70. The summed E-state index contributed by atoms with van der Waals surface area (Å²) in [5, 5.41) is 13.2. The summed E-state index contributed by atoms with van der Waals surface area (Å²) in [4.78, 5) is 32.1. The molecule has 1 unspecified atom stereocenters. The third-order valence-electron chi connectivity index (χ3n) is 4.62. The standard InChI is InChI=1S/C20H18N4O3/c1-12-18(24-9-5-4-8-17(24)22-12)19(25)23-16(20(26)27)10-13-11-21-15-7-3-2-6-14(13)15/h2-9,11,16,21H,10H2,1H3,(H,23,25)(H,26,27). The summed E-state index contributed by atoms with van der Waals surface area (Å²) < 4.78 is 1.66. The van der Waals surface area contributed by atoms with Crippen LogP contribution in [-0.4, -0.2) is 37.4 Å². The van der Waals surface area contributed by atoms with Gasteiger partial charge in [0.2, 0.25) is 0 Å². The van der Waals surface area contributed by atoms with Gasteiger partial charge in [-0.1, -0.05) is 24.3 Å². The fourth-order valence-electron chi connectivity index (χ4n) is 3.33. The normalized spacial score (nSPS) is 12.3. The molecule has 0 aliphatic rings. The van der Waals surface area contributed by atoms with E-state index in [9.17, 15) is 14.7 Å². The maximum absolute atomic E-state index is 12.8. The molecule has 1 amide bonds. The molecule has 0 saturated heterocycles. The van der Waals surface area contributed by atoms with Crippen molar-refractivity contribution in [3.05, 3.63) is 71.8 Å². The zero-order valence-electron chi connectivity index (χ0n) is 14.6. The Balaban J connectivity index is 1.62. The van der Waals surface area contributed by atoms with Gasteiger partial charge in [-0.05, 0) is 30.7 Å². The first-order valence-corrected chi connectivity index (χ1v) is 8.57. The molecule has 0 fully saturated rings. The number of aryl methyl sites for hydroxylation is 1. The van der Waals surface area contributed by atoms with Crippen LogP contribution < -0.4 is 5.32 Å². The molecule has 0 aliphatic carbocycles. The molecule has 0 aliphatic heterocycles. The van der Waals surface area contributed by atoms with Gasteiger partial charge in [-0.25, -0.2) is 9.78 Å². The summed E-state index contributed by atoms with van der Waals surface area (Å²) in [5.41, 5.74) is 3.31. The number of H-pyrrole nitrogens is 1. The Morgan fingerprint density at radius 3 is 2.81 bits per heavy atom. The van der Waals surface area contributed by atoms with E-state index < -0.39 is 17.9 Å². The van der Waals surface area contributed by atoms with Crippen molar-refractivity contribution >= 4 is 28.4 Å². The average Bonchev–Trinajstić information content (AvgIpc) is 3.21. The highest BCUT2D eigenvalue weighted by Crippen LogP contribution is 2.19. The van der Waals surface area contributed by atoms with Crippen LogP contribution in [0.3, 0.4) is 0 Å². The molecule has 136 valence electrons. The lowest BCUT2D eigenvalue weighted by atomic mass is 10.0. The van der Waals surface area contributed by atoms with Gasteiger partial charge in [0.1, 0.15) is 17.4 Å². The fraction of sp³-hybridized carbons (Fsp3) is 0.150. The molecular weight excluding hydrogens is 344 g/mol. The van der Waals surface area contributed by atoms with Crippen LogP contribution in [0.4, 0.5) is 0 Å². The number of rotatable bonds is 5. The Morgan fingerprint density at radius 2 is 2.00 bits per heavy atom. The second-order valence-corrected chi connectivity index (χ2v) is 6.40. The highest BCUT2D eigenvalue weighted by atomic mass is 16.4. The van der Waals surface area contributed by atoms with E-state index in [1.165, 1.54) is 0 Å². The van der Waals surface area contributed by atoms with Crippen molar-refractivity contribution < 1.29 is 14.7 Å². The van der Waals surface area contributed by atoms with Crippen LogP contribution in [0.2, 0.25) is 0 Å². The first kappa shape index (κ1) is 16.8. The lowest BCUT2D eigenvalue weighted by Gasteiger charge is -2.14. The van der Waals surface area contributed by atoms with Crippen LogP contribution in [0, 0.1) is 6.92 Å². The molecule has 7 heteroatoms. The van der Waals surface area contributed by atoms with Crippen LogP contribution in [0.1, 0.15) is 21.7 Å². The summed E-state index contributed by atoms with van der Waals surface area (Å²) >= 11 is 0. The number of carbonyl (C=O) groups is 2. The SMILES string of the molecule is Cc1nc2ccccn2c1C(=O)NC(Cc1c[nH]c2ccccc12)C(=O)O. The van der Waals surface area contributed by atoms with E-state index in [4.69, 9.17) is 0 Å². The number of pyridine rings is 1. The zero-order valence-corrected chi connectivity index (χ0v) is 14.6. The van der Waals surface area contributed by atoms with Gasteiger partial charge < -0.3 is 15.4 Å². The number of benzene rings is 1. The molecular formula is C20H18N4O3. The summed E-state index contributed by atoms with van der Waals surface area (Å²) in [5.74, 6) is -1.54. The second-order valence-electron chi connectivity index (χ2n) is 6.40. The molecule has 1 aromatic carbocycles. The van der Waals surface area contributed by atoms with Crippen LogP contribution in [0.5, 0.6) is 0 Å². The molecule has 1 atom stereocenters. The van der Waals surface area contributed by atoms with Crippen LogP contribution in [0.25, 0.3) is 16.6 Å². The number of nitrogens with one attached hydrogen (secondary N) is 2. The average molecular weight is 362 g/mol. The van der Waals surface area contributed by atoms with Gasteiger partial charge in [-0.15, -0.1) is 0 Å². The number of hydrogen-bond acceptors (Lipinski definition) is 3. The van der Waals surface area contributed by atoms with Crippen molar-refractivity contribution in [3.8, 4) is 0 Å². The Labute approximate surface area is 154 Å². The molecule has 0 spiro atoms. The quantitative estimate of drug-likeness (QED) is 0.508. The van der Waals surface area contributed by atoms with Gasteiger partial charge in [0.15, 0.2) is 0 Å². The molecule has 0 saturated carbocycles. The van der Waals surface area contributed by atoms with Crippen molar-refractivity contribution in [2.24, 2.45) is 0 Å². The maximum Gasteiger partial charge on any atom is 0.326 e. The molecule has 3 aromatic heterocycles. The number of amides is 1. The van der Waals surface area contributed by atoms with E-state index in [0.717, 1.165) is 16.5 Å². The number of para-hydroxylation sites is 1. The van der Waals surface area contributed by atoms with E-state index in [-0.39, 0.29) is 6.42 Å². The molecule has 7 nitrogen and oxygen atoms in total. The first-order valence-electron chi connectivity index (χ1n) is 8.57. The molecule has 4 rings (SSSR count).